The Labute approximate surface area is 245 Å². The monoisotopic (exact) mass is 565 g/mol. The molecular weight excluding hydrogens is 517 g/mol. The highest BCUT2D eigenvalue weighted by molar-refractivity contribution is 7.98. The lowest BCUT2D eigenvalue weighted by Gasteiger charge is -2.21. The summed E-state index contributed by atoms with van der Waals surface area (Å²) in [5.41, 5.74) is 3.13. The van der Waals surface area contributed by atoms with E-state index in [1.165, 1.54) is 36.1 Å². The summed E-state index contributed by atoms with van der Waals surface area (Å²) in [6, 6.07) is 15.7. The van der Waals surface area contributed by atoms with E-state index in [2.05, 4.69) is 59.2 Å². The standard InChI is InChI=1S/C34H48FN3OS/c1-5-26(2)10-6-7-11-28(14-17-30-12-8-9-13-33(30)35)22-27(3)34(39)37-21-20-31-23-36-25-38(31)24-29-15-18-32(40-4)19-16-29/h8-9,12-13,15-16,18-19,23,25-28H,5-7,10-11,14,17,20-22,24H2,1-4H3,(H,37,39). The minimum atomic E-state index is -0.125. The molecule has 218 valence electrons. The molecular formula is C34H48FN3OS. The van der Waals surface area contributed by atoms with Crippen molar-refractivity contribution >= 4 is 17.7 Å². The number of nitrogens with one attached hydrogen (secondary N) is 1. The van der Waals surface area contributed by atoms with Gasteiger partial charge < -0.3 is 9.88 Å². The summed E-state index contributed by atoms with van der Waals surface area (Å²) < 4.78 is 16.4. The van der Waals surface area contributed by atoms with E-state index in [-0.39, 0.29) is 17.6 Å². The lowest BCUT2D eigenvalue weighted by atomic mass is 9.85. The third-order valence-electron chi connectivity index (χ3n) is 8.16. The fraction of sp³-hybridized carbons (Fsp3) is 0.529. The van der Waals surface area contributed by atoms with Gasteiger partial charge in [-0.05, 0) is 66.7 Å². The molecule has 0 saturated heterocycles. The maximum atomic E-state index is 14.2. The number of benzene rings is 2. The summed E-state index contributed by atoms with van der Waals surface area (Å²) in [5, 5.41) is 3.16. The average Bonchev–Trinajstić information content (AvgIpc) is 3.41. The van der Waals surface area contributed by atoms with E-state index in [0.717, 1.165) is 55.8 Å². The molecule has 1 N–H and O–H groups in total. The minimum absolute atomic E-state index is 0.0694. The summed E-state index contributed by atoms with van der Waals surface area (Å²) >= 11 is 1.74. The molecule has 3 atom stereocenters. The van der Waals surface area contributed by atoms with Crippen LogP contribution in [0.1, 0.15) is 82.5 Å². The van der Waals surface area contributed by atoms with Gasteiger partial charge in [-0.3, -0.25) is 4.79 Å². The van der Waals surface area contributed by atoms with Crippen LogP contribution in [-0.4, -0.2) is 28.3 Å². The quantitative estimate of drug-likeness (QED) is 0.125. The smallest absolute Gasteiger partial charge is 0.222 e. The van der Waals surface area contributed by atoms with E-state index in [4.69, 9.17) is 0 Å². The van der Waals surface area contributed by atoms with Gasteiger partial charge in [0.15, 0.2) is 0 Å². The highest BCUT2D eigenvalue weighted by atomic mass is 32.2. The maximum Gasteiger partial charge on any atom is 0.222 e. The zero-order valence-corrected chi connectivity index (χ0v) is 25.7. The first-order valence-electron chi connectivity index (χ1n) is 15.0. The number of rotatable bonds is 18. The Hall–Kier alpha value is -2.60. The van der Waals surface area contributed by atoms with E-state index >= 15 is 0 Å². The van der Waals surface area contributed by atoms with Crippen LogP contribution < -0.4 is 5.32 Å². The van der Waals surface area contributed by atoms with Crippen LogP contribution in [-0.2, 0) is 24.2 Å². The summed E-state index contributed by atoms with van der Waals surface area (Å²) in [6.07, 6.45) is 15.0. The molecule has 3 rings (SSSR count). The van der Waals surface area contributed by atoms with Crippen LogP contribution in [0.5, 0.6) is 0 Å². The molecule has 0 aliphatic carbocycles. The van der Waals surface area contributed by atoms with Crippen molar-refractivity contribution in [2.45, 2.75) is 90.0 Å². The Bertz CT molecular complexity index is 1150. The summed E-state index contributed by atoms with van der Waals surface area (Å²) in [4.78, 5) is 18.6. The third-order valence-corrected chi connectivity index (χ3v) is 8.90. The number of imidazole rings is 1. The maximum absolute atomic E-state index is 14.2. The largest absolute Gasteiger partial charge is 0.355 e. The summed E-state index contributed by atoms with van der Waals surface area (Å²) in [5.74, 6) is 1.09. The molecule has 2 aromatic carbocycles. The second-order valence-corrected chi connectivity index (χ2v) is 12.2. The molecule has 3 unspecified atom stereocenters. The summed E-state index contributed by atoms with van der Waals surface area (Å²) in [7, 11) is 0. The van der Waals surface area contributed by atoms with Gasteiger partial charge >= 0.3 is 0 Å². The molecule has 0 aliphatic rings. The number of hydrogen-bond acceptors (Lipinski definition) is 3. The SMILES string of the molecule is CCC(C)CCCCC(CCc1ccccc1F)CC(C)C(=O)NCCc1cncn1Cc1ccc(SC)cc1. The van der Waals surface area contributed by atoms with Gasteiger partial charge in [0.2, 0.25) is 5.91 Å². The number of hydrogen-bond donors (Lipinski definition) is 1. The van der Waals surface area contributed by atoms with Crippen molar-refractivity contribution in [2.24, 2.45) is 17.8 Å². The van der Waals surface area contributed by atoms with Crippen molar-refractivity contribution in [3.63, 3.8) is 0 Å². The first-order chi connectivity index (χ1) is 19.4. The van der Waals surface area contributed by atoms with Gasteiger partial charge in [-0.1, -0.05) is 83.2 Å². The molecule has 1 amide bonds. The Morgan fingerprint density at radius 1 is 1.02 bits per heavy atom. The molecule has 6 heteroatoms. The Morgan fingerprint density at radius 3 is 2.50 bits per heavy atom. The van der Waals surface area contributed by atoms with E-state index in [1.54, 1.807) is 23.9 Å². The predicted molar refractivity (Wildman–Crippen MR) is 166 cm³/mol. The van der Waals surface area contributed by atoms with E-state index in [1.807, 2.05) is 31.6 Å². The topological polar surface area (TPSA) is 46.9 Å². The van der Waals surface area contributed by atoms with Crippen LogP contribution in [0.15, 0.2) is 66.0 Å². The van der Waals surface area contributed by atoms with Crippen molar-refractivity contribution < 1.29 is 9.18 Å². The first-order valence-corrected chi connectivity index (χ1v) is 16.2. The molecule has 1 heterocycles. The van der Waals surface area contributed by atoms with Gasteiger partial charge in [-0.2, -0.15) is 0 Å². The molecule has 4 nitrogen and oxygen atoms in total. The number of unbranched alkanes of at least 4 members (excludes halogenated alkanes) is 1. The van der Waals surface area contributed by atoms with Crippen molar-refractivity contribution in [2.75, 3.05) is 12.8 Å². The lowest BCUT2D eigenvalue weighted by Crippen LogP contribution is -2.32. The molecule has 0 spiro atoms. The molecule has 1 aromatic heterocycles. The molecule has 40 heavy (non-hydrogen) atoms. The van der Waals surface area contributed by atoms with Crippen LogP contribution >= 0.6 is 11.8 Å². The van der Waals surface area contributed by atoms with Gasteiger partial charge in [-0.15, -0.1) is 11.8 Å². The Morgan fingerprint density at radius 2 is 1.77 bits per heavy atom. The molecule has 3 aromatic rings. The number of carbonyl (C=O) groups excluding carboxylic acids is 1. The van der Waals surface area contributed by atoms with Gasteiger partial charge in [-0.25, -0.2) is 9.37 Å². The zero-order chi connectivity index (χ0) is 28.7. The highest BCUT2D eigenvalue weighted by Gasteiger charge is 2.20. The van der Waals surface area contributed by atoms with E-state index in [9.17, 15) is 9.18 Å². The van der Waals surface area contributed by atoms with Gasteiger partial charge in [0.05, 0.1) is 6.33 Å². The second-order valence-electron chi connectivity index (χ2n) is 11.3. The van der Waals surface area contributed by atoms with Crippen molar-refractivity contribution in [1.82, 2.24) is 14.9 Å². The normalized spacial score (nSPS) is 13.6. The fourth-order valence-corrected chi connectivity index (χ4v) is 5.70. The number of aromatic nitrogens is 2. The van der Waals surface area contributed by atoms with E-state index < -0.39 is 0 Å². The number of aryl methyl sites for hydroxylation is 1. The number of thioether (sulfide) groups is 1. The first kappa shape index (κ1) is 31.9. The molecule has 0 aliphatic heterocycles. The van der Waals surface area contributed by atoms with Gasteiger partial charge in [0.1, 0.15) is 5.82 Å². The lowest BCUT2D eigenvalue weighted by molar-refractivity contribution is -0.125. The summed E-state index contributed by atoms with van der Waals surface area (Å²) in [6.45, 7) is 7.97. The second kappa shape index (κ2) is 17.3. The fourth-order valence-electron chi connectivity index (χ4n) is 5.29. The Balaban J connectivity index is 1.48. The van der Waals surface area contributed by atoms with Crippen LogP contribution in [0.4, 0.5) is 4.39 Å². The number of carbonyl (C=O) groups is 1. The molecule has 0 bridgehead atoms. The molecule has 0 saturated carbocycles. The highest BCUT2D eigenvalue weighted by Crippen LogP contribution is 2.26. The molecule has 0 fully saturated rings. The number of amides is 1. The van der Waals surface area contributed by atoms with Crippen LogP contribution in [0.25, 0.3) is 0 Å². The van der Waals surface area contributed by atoms with Crippen LogP contribution in [0.3, 0.4) is 0 Å². The van der Waals surface area contributed by atoms with Crippen LogP contribution in [0, 0.1) is 23.6 Å². The number of nitrogens with zero attached hydrogens (tertiary/aromatic N) is 2. The van der Waals surface area contributed by atoms with Crippen LogP contribution in [0.2, 0.25) is 0 Å². The van der Waals surface area contributed by atoms with Gasteiger partial charge in [0.25, 0.3) is 0 Å². The Kier molecular flexibility index (Phi) is 13.8. The predicted octanol–water partition coefficient (Wildman–Crippen LogP) is 8.33. The van der Waals surface area contributed by atoms with Crippen molar-refractivity contribution in [1.29, 1.82) is 0 Å². The minimum Gasteiger partial charge on any atom is -0.355 e. The average molecular weight is 566 g/mol. The molecule has 0 radical (unpaired) electrons. The number of halogens is 1. The van der Waals surface area contributed by atoms with Crippen molar-refractivity contribution in [3.05, 3.63) is 83.7 Å². The van der Waals surface area contributed by atoms with Crippen molar-refractivity contribution in [3.8, 4) is 0 Å². The van der Waals surface area contributed by atoms with E-state index in [0.29, 0.717) is 12.5 Å². The van der Waals surface area contributed by atoms with Gasteiger partial charge in [0, 0.05) is 42.2 Å². The zero-order valence-electron chi connectivity index (χ0n) is 24.9. The third kappa shape index (κ3) is 10.8.